The number of rotatable bonds is 1. The molecule has 0 aliphatic carbocycles. The average Bonchev–Trinajstić information content (AvgIpc) is 1.67. The van der Waals surface area contributed by atoms with Gasteiger partial charge in [0.1, 0.15) is 5.60 Å². The molecule has 0 saturated carbocycles. The van der Waals surface area contributed by atoms with Crippen molar-refractivity contribution in [1.82, 2.24) is 0 Å². The average molecular weight is 112 g/mol. The lowest BCUT2D eigenvalue weighted by atomic mass is 10.1. The summed E-state index contributed by atoms with van der Waals surface area (Å²) in [5.41, 5.74) is -0.769. The fourth-order valence-corrected chi connectivity index (χ4v) is 0.358. The molecule has 0 heterocycles. The van der Waals surface area contributed by atoms with E-state index in [9.17, 15) is 0 Å². The van der Waals surface area contributed by atoms with Crippen molar-refractivity contribution in [2.75, 3.05) is 0 Å². The summed E-state index contributed by atoms with van der Waals surface area (Å²) in [7, 11) is 0. The Hall–Kier alpha value is -0.480. The first-order valence-electron chi connectivity index (χ1n) is 2.78. The van der Waals surface area contributed by atoms with E-state index in [0.717, 1.165) is 0 Å². The van der Waals surface area contributed by atoms with E-state index in [1.165, 1.54) is 0 Å². The van der Waals surface area contributed by atoms with E-state index in [0.29, 0.717) is 6.42 Å². The summed E-state index contributed by atoms with van der Waals surface area (Å²) in [4.78, 5) is 0. The molecule has 1 heteroatoms. The van der Waals surface area contributed by atoms with E-state index < -0.39 is 5.60 Å². The van der Waals surface area contributed by atoms with E-state index >= 15 is 0 Å². The maximum absolute atomic E-state index is 9.15. The van der Waals surface area contributed by atoms with Gasteiger partial charge in [-0.05, 0) is 20.3 Å². The summed E-state index contributed by atoms with van der Waals surface area (Å²) in [5.74, 6) is 5.34. The monoisotopic (exact) mass is 112 g/mol. The Morgan fingerprint density at radius 1 is 1.62 bits per heavy atom. The van der Waals surface area contributed by atoms with Gasteiger partial charge in [-0.1, -0.05) is 12.8 Å². The van der Waals surface area contributed by atoms with Gasteiger partial charge in [0.15, 0.2) is 0 Å². The Bertz CT molecular complexity index is 114. The second kappa shape index (κ2) is 2.74. The van der Waals surface area contributed by atoms with Crippen LogP contribution in [-0.4, -0.2) is 10.7 Å². The molecule has 1 unspecified atom stereocenters. The van der Waals surface area contributed by atoms with Crippen molar-refractivity contribution in [3.05, 3.63) is 0 Å². The van der Waals surface area contributed by atoms with Crippen LogP contribution in [0.1, 0.15) is 27.2 Å². The van der Waals surface area contributed by atoms with E-state index in [4.69, 9.17) is 5.11 Å². The van der Waals surface area contributed by atoms with Crippen LogP contribution in [0.25, 0.3) is 0 Å². The predicted molar refractivity (Wildman–Crippen MR) is 34.4 cm³/mol. The van der Waals surface area contributed by atoms with Crippen molar-refractivity contribution >= 4 is 0 Å². The summed E-state index contributed by atoms with van der Waals surface area (Å²) >= 11 is 0. The van der Waals surface area contributed by atoms with Crippen molar-refractivity contribution in [2.45, 2.75) is 32.8 Å². The van der Waals surface area contributed by atoms with Crippen molar-refractivity contribution in [1.29, 1.82) is 0 Å². The molecular formula is C7H12O. The highest BCUT2D eigenvalue weighted by atomic mass is 16.3. The maximum Gasteiger partial charge on any atom is 0.122 e. The van der Waals surface area contributed by atoms with E-state index in [-0.39, 0.29) is 0 Å². The highest BCUT2D eigenvalue weighted by molar-refractivity contribution is 5.09. The van der Waals surface area contributed by atoms with Gasteiger partial charge >= 0.3 is 0 Å². The number of aliphatic hydroxyl groups is 1. The quantitative estimate of drug-likeness (QED) is 0.505. The molecule has 1 N–H and O–H groups in total. The Morgan fingerprint density at radius 2 is 2.12 bits per heavy atom. The summed E-state index contributed by atoms with van der Waals surface area (Å²) in [6.07, 6.45) is 0.688. The first-order valence-corrected chi connectivity index (χ1v) is 2.78. The zero-order valence-corrected chi connectivity index (χ0v) is 5.65. The lowest BCUT2D eigenvalue weighted by Gasteiger charge is -2.11. The van der Waals surface area contributed by atoms with Gasteiger partial charge in [-0.25, -0.2) is 0 Å². The molecule has 0 fully saturated rings. The van der Waals surface area contributed by atoms with Crippen LogP contribution in [0.5, 0.6) is 0 Å². The van der Waals surface area contributed by atoms with Crippen molar-refractivity contribution < 1.29 is 5.11 Å². The topological polar surface area (TPSA) is 20.2 Å². The molecule has 0 amide bonds. The van der Waals surface area contributed by atoms with Crippen molar-refractivity contribution in [3.63, 3.8) is 0 Å². The third-order valence-corrected chi connectivity index (χ3v) is 1.08. The minimum atomic E-state index is -0.769. The Kier molecular flexibility index (Phi) is 2.57. The van der Waals surface area contributed by atoms with Gasteiger partial charge in [0.2, 0.25) is 0 Å². The van der Waals surface area contributed by atoms with Gasteiger partial charge in [0, 0.05) is 0 Å². The molecule has 46 valence electrons. The first-order chi connectivity index (χ1) is 3.62. The van der Waals surface area contributed by atoms with Crippen LogP contribution in [0.3, 0.4) is 0 Å². The Balaban J connectivity index is 3.85. The zero-order chi connectivity index (χ0) is 6.62. The van der Waals surface area contributed by atoms with Crippen LogP contribution < -0.4 is 0 Å². The molecule has 0 bridgehead atoms. The van der Waals surface area contributed by atoms with Gasteiger partial charge in [0.25, 0.3) is 0 Å². The molecule has 0 saturated heterocycles. The van der Waals surface area contributed by atoms with Crippen LogP contribution >= 0.6 is 0 Å². The Labute approximate surface area is 50.7 Å². The molecular weight excluding hydrogens is 100 g/mol. The number of hydrogen-bond donors (Lipinski definition) is 1. The molecule has 0 aromatic carbocycles. The van der Waals surface area contributed by atoms with Crippen LogP contribution in [0.15, 0.2) is 0 Å². The van der Waals surface area contributed by atoms with Gasteiger partial charge < -0.3 is 5.11 Å². The molecule has 0 aromatic rings. The predicted octanol–water partition coefficient (Wildman–Crippen LogP) is 1.17. The maximum atomic E-state index is 9.15. The van der Waals surface area contributed by atoms with Crippen LogP contribution in [0.4, 0.5) is 0 Å². The first kappa shape index (κ1) is 7.52. The third kappa shape index (κ3) is 2.65. The third-order valence-electron chi connectivity index (χ3n) is 1.08. The normalized spacial score (nSPS) is 16.0. The highest BCUT2D eigenvalue weighted by Crippen LogP contribution is 2.04. The molecule has 0 aliphatic rings. The van der Waals surface area contributed by atoms with E-state index in [1.54, 1.807) is 13.8 Å². The molecule has 0 aromatic heterocycles. The summed E-state index contributed by atoms with van der Waals surface area (Å²) in [6.45, 7) is 5.35. The van der Waals surface area contributed by atoms with Crippen molar-refractivity contribution in [3.8, 4) is 11.8 Å². The zero-order valence-electron chi connectivity index (χ0n) is 5.65. The van der Waals surface area contributed by atoms with Crippen molar-refractivity contribution in [2.24, 2.45) is 0 Å². The lowest BCUT2D eigenvalue weighted by Crippen LogP contribution is -2.19. The van der Waals surface area contributed by atoms with Gasteiger partial charge in [0.05, 0.1) is 0 Å². The molecule has 0 radical (unpaired) electrons. The lowest BCUT2D eigenvalue weighted by molar-refractivity contribution is 0.118. The fourth-order valence-electron chi connectivity index (χ4n) is 0.358. The summed E-state index contributed by atoms with van der Waals surface area (Å²) < 4.78 is 0. The van der Waals surface area contributed by atoms with Crippen LogP contribution in [0, 0.1) is 11.8 Å². The second-order valence-electron chi connectivity index (χ2n) is 2.00. The fraction of sp³-hybridized carbons (Fsp3) is 0.714. The van der Waals surface area contributed by atoms with E-state index in [1.807, 2.05) is 6.92 Å². The van der Waals surface area contributed by atoms with Crippen LogP contribution in [-0.2, 0) is 0 Å². The highest BCUT2D eigenvalue weighted by Gasteiger charge is 2.11. The molecule has 0 aliphatic heterocycles. The van der Waals surface area contributed by atoms with E-state index in [2.05, 4.69) is 11.8 Å². The molecule has 1 atom stereocenters. The molecule has 0 spiro atoms. The SMILES string of the molecule is CC#CC(C)(O)CC. The molecule has 0 rings (SSSR count). The minimum absolute atomic E-state index is 0.688. The minimum Gasteiger partial charge on any atom is -0.378 e. The standard InChI is InChI=1S/C7H12O/c1-4-6-7(3,8)5-2/h8H,5H2,1-3H3. The van der Waals surface area contributed by atoms with Crippen LogP contribution in [0.2, 0.25) is 0 Å². The second-order valence-corrected chi connectivity index (χ2v) is 2.00. The Morgan fingerprint density at radius 3 is 2.25 bits per heavy atom. The van der Waals surface area contributed by atoms with Gasteiger partial charge in [-0.2, -0.15) is 0 Å². The molecule has 8 heavy (non-hydrogen) atoms. The number of hydrogen-bond acceptors (Lipinski definition) is 1. The smallest absolute Gasteiger partial charge is 0.122 e. The molecule has 1 nitrogen and oxygen atoms in total. The van der Waals surface area contributed by atoms with Gasteiger partial charge in [-0.3, -0.25) is 0 Å². The largest absolute Gasteiger partial charge is 0.378 e. The summed E-state index contributed by atoms with van der Waals surface area (Å²) in [5, 5.41) is 9.15. The van der Waals surface area contributed by atoms with Gasteiger partial charge in [-0.15, -0.1) is 5.92 Å². The summed E-state index contributed by atoms with van der Waals surface area (Å²) in [6, 6.07) is 0.